The molecule has 1 aromatic carbocycles. The fraction of sp³-hybridized carbons (Fsp3) is 0.0526. The van der Waals surface area contributed by atoms with Crippen molar-refractivity contribution in [3.8, 4) is 32.5 Å². The van der Waals surface area contributed by atoms with Gasteiger partial charge in [0.15, 0.2) is 17.5 Å². The van der Waals surface area contributed by atoms with Gasteiger partial charge in [-0.15, -0.1) is 21.5 Å². The summed E-state index contributed by atoms with van der Waals surface area (Å²) >= 11 is 1.33. The lowest BCUT2D eigenvalue weighted by atomic mass is 10.1. The molecule has 0 unspecified atom stereocenters. The van der Waals surface area contributed by atoms with E-state index in [-0.39, 0.29) is 5.56 Å². The lowest BCUT2D eigenvalue weighted by Gasteiger charge is -2.02. The molecule has 0 aliphatic rings. The predicted octanol–water partition coefficient (Wildman–Crippen LogP) is 4.50. The molecule has 1 N–H and O–H groups in total. The van der Waals surface area contributed by atoms with Gasteiger partial charge in [0.25, 0.3) is 0 Å². The van der Waals surface area contributed by atoms with Crippen molar-refractivity contribution in [2.45, 2.75) is 6.92 Å². The highest BCUT2D eigenvalue weighted by atomic mass is 32.1. The summed E-state index contributed by atoms with van der Waals surface area (Å²) in [5, 5.41) is 13.0. The minimum Gasteiger partial charge on any atom is -0.327 e. The van der Waals surface area contributed by atoms with Crippen molar-refractivity contribution in [1.82, 2.24) is 29.8 Å². The number of nitrogens with zero attached hydrogens (tertiary/aromatic N) is 5. The first-order valence-electron chi connectivity index (χ1n) is 8.39. The Kier molecular flexibility index (Phi) is 3.76. The molecule has 0 saturated heterocycles. The zero-order chi connectivity index (χ0) is 19.3. The van der Waals surface area contributed by atoms with Crippen molar-refractivity contribution in [1.29, 1.82) is 0 Å². The molecule has 5 aromatic rings. The van der Waals surface area contributed by atoms with Crippen LogP contribution in [0, 0.1) is 18.6 Å². The van der Waals surface area contributed by atoms with Gasteiger partial charge in [-0.25, -0.2) is 18.3 Å². The van der Waals surface area contributed by atoms with Crippen LogP contribution in [0.4, 0.5) is 8.78 Å². The van der Waals surface area contributed by atoms with Gasteiger partial charge in [0.05, 0.1) is 22.5 Å². The number of nitrogens with one attached hydrogen (secondary N) is 1. The Hall–Kier alpha value is -3.46. The van der Waals surface area contributed by atoms with Crippen LogP contribution >= 0.6 is 11.3 Å². The molecule has 0 fully saturated rings. The first kappa shape index (κ1) is 16.7. The van der Waals surface area contributed by atoms with Crippen LogP contribution in [0.3, 0.4) is 0 Å². The quantitative estimate of drug-likeness (QED) is 0.489. The SMILES string of the molecule is Cc1nn2ccccc2c1-c1nc(-c2cccc(F)c2F)c(-c2nnc[nH]2)s1. The molecule has 138 valence electrons. The Balaban J connectivity index is 1.80. The molecule has 0 aliphatic heterocycles. The lowest BCUT2D eigenvalue weighted by molar-refractivity contribution is 0.511. The number of fused-ring (bicyclic) bond motifs is 1. The Morgan fingerprint density at radius 1 is 1.11 bits per heavy atom. The summed E-state index contributed by atoms with van der Waals surface area (Å²) in [5.41, 5.74) is 2.89. The van der Waals surface area contributed by atoms with Crippen LogP contribution in [-0.2, 0) is 0 Å². The molecule has 0 saturated carbocycles. The van der Waals surface area contributed by atoms with Crippen molar-refractivity contribution in [2.75, 3.05) is 0 Å². The highest BCUT2D eigenvalue weighted by Crippen LogP contribution is 2.42. The molecule has 0 spiro atoms. The van der Waals surface area contributed by atoms with Crippen LogP contribution in [0.1, 0.15) is 5.69 Å². The van der Waals surface area contributed by atoms with Crippen molar-refractivity contribution >= 4 is 16.9 Å². The van der Waals surface area contributed by atoms with Crippen molar-refractivity contribution in [2.24, 2.45) is 0 Å². The normalized spacial score (nSPS) is 11.4. The fourth-order valence-electron chi connectivity index (χ4n) is 3.15. The molecule has 4 heterocycles. The van der Waals surface area contributed by atoms with Gasteiger partial charge in [-0.2, -0.15) is 5.10 Å². The molecule has 0 radical (unpaired) electrons. The third-order valence-corrected chi connectivity index (χ3v) is 5.47. The molecule has 4 aromatic heterocycles. The number of aryl methyl sites for hydroxylation is 1. The van der Waals surface area contributed by atoms with Crippen LogP contribution in [0.15, 0.2) is 48.9 Å². The van der Waals surface area contributed by atoms with Crippen LogP contribution in [0.25, 0.3) is 38.0 Å². The van der Waals surface area contributed by atoms with Gasteiger partial charge in [0, 0.05) is 11.8 Å². The molecule has 9 heteroatoms. The van der Waals surface area contributed by atoms with E-state index in [0.29, 0.717) is 21.4 Å². The van der Waals surface area contributed by atoms with Crippen molar-refractivity contribution < 1.29 is 8.78 Å². The number of thiazole rings is 1. The predicted molar refractivity (Wildman–Crippen MR) is 102 cm³/mol. The zero-order valence-corrected chi connectivity index (χ0v) is 15.3. The average molecular weight is 394 g/mol. The number of rotatable bonds is 3. The second-order valence-electron chi connectivity index (χ2n) is 6.13. The number of H-pyrrole nitrogens is 1. The van der Waals surface area contributed by atoms with Crippen LogP contribution in [0.2, 0.25) is 0 Å². The molecule has 0 bridgehead atoms. The Labute approximate surface area is 161 Å². The standard InChI is InChI=1S/C19H12F2N6S/c1-10-14(13-7-2-3-8-27(13)26-10)19-24-16(11-5-4-6-12(20)15(11)21)17(28-19)18-22-9-23-25-18/h2-9H,1H3,(H,22,23,25). The lowest BCUT2D eigenvalue weighted by Crippen LogP contribution is -1.92. The maximum absolute atomic E-state index is 14.5. The second kappa shape index (κ2) is 6.31. The number of benzene rings is 1. The number of hydrogen-bond donors (Lipinski definition) is 1. The van der Waals surface area contributed by atoms with E-state index in [4.69, 9.17) is 0 Å². The van der Waals surface area contributed by atoms with E-state index in [2.05, 4.69) is 25.3 Å². The topological polar surface area (TPSA) is 71.8 Å². The number of aromatic amines is 1. The van der Waals surface area contributed by atoms with Crippen LogP contribution in [0.5, 0.6) is 0 Å². The summed E-state index contributed by atoms with van der Waals surface area (Å²) in [6.07, 6.45) is 3.28. The Morgan fingerprint density at radius 3 is 2.82 bits per heavy atom. The van der Waals surface area contributed by atoms with Crippen LogP contribution in [-0.4, -0.2) is 29.8 Å². The van der Waals surface area contributed by atoms with Gasteiger partial charge >= 0.3 is 0 Å². The molecule has 0 atom stereocenters. The summed E-state index contributed by atoms with van der Waals surface area (Å²) < 4.78 is 30.1. The smallest absolute Gasteiger partial charge is 0.173 e. The van der Waals surface area contributed by atoms with Crippen molar-refractivity contribution in [3.63, 3.8) is 0 Å². The third kappa shape index (κ3) is 2.51. The molecular formula is C19H12F2N6S. The first-order chi connectivity index (χ1) is 13.6. The molecule has 0 aliphatic carbocycles. The largest absolute Gasteiger partial charge is 0.327 e. The molecule has 0 amide bonds. The van der Waals surface area contributed by atoms with Gasteiger partial charge < -0.3 is 4.98 Å². The van der Waals surface area contributed by atoms with E-state index in [1.165, 1.54) is 29.8 Å². The highest BCUT2D eigenvalue weighted by Gasteiger charge is 2.24. The number of aromatic nitrogens is 6. The van der Waals surface area contributed by atoms with E-state index < -0.39 is 11.6 Å². The number of halogens is 2. The summed E-state index contributed by atoms with van der Waals surface area (Å²) in [7, 11) is 0. The Morgan fingerprint density at radius 2 is 2.00 bits per heavy atom. The molecule has 6 nitrogen and oxygen atoms in total. The monoisotopic (exact) mass is 394 g/mol. The van der Waals surface area contributed by atoms with Gasteiger partial charge in [0.2, 0.25) is 0 Å². The molecule has 5 rings (SSSR count). The van der Waals surface area contributed by atoms with Gasteiger partial charge in [-0.1, -0.05) is 12.1 Å². The average Bonchev–Trinajstić information content (AvgIpc) is 3.41. The maximum atomic E-state index is 14.5. The van der Waals surface area contributed by atoms with Gasteiger partial charge in [-0.3, -0.25) is 0 Å². The summed E-state index contributed by atoms with van der Waals surface area (Å²) in [6.45, 7) is 1.89. The molecular weight excluding hydrogens is 382 g/mol. The van der Waals surface area contributed by atoms with Crippen LogP contribution < -0.4 is 0 Å². The van der Waals surface area contributed by atoms with Gasteiger partial charge in [0.1, 0.15) is 16.2 Å². The van der Waals surface area contributed by atoms with E-state index in [1.807, 2.05) is 31.3 Å². The number of hydrogen-bond acceptors (Lipinski definition) is 5. The minimum atomic E-state index is -0.947. The second-order valence-corrected chi connectivity index (χ2v) is 7.13. The first-order valence-corrected chi connectivity index (χ1v) is 9.21. The van der Waals surface area contributed by atoms with E-state index in [0.717, 1.165) is 22.8 Å². The summed E-state index contributed by atoms with van der Waals surface area (Å²) in [4.78, 5) is 8.16. The molecule has 28 heavy (non-hydrogen) atoms. The van der Waals surface area contributed by atoms with E-state index in [1.54, 1.807) is 4.52 Å². The fourth-order valence-corrected chi connectivity index (χ4v) is 4.29. The highest BCUT2D eigenvalue weighted by molar-refractivity contribution is 7.19. The van der Waals surface area contributed by atoms with E-state index >= 15 is 0 Å². The summed E-state index contributed by atoms with van der Waals surface area (Å²) in [6, 6.07) is 9.77. The zero-order valence-electron chi connectivity index (χ0n) is 14.5. The Bertz CT molecular complexity index is 1310. The maximum Gasteiger partial charge on any atom is 0.173 e. The summed E-state index contributed by atoms with van der Waals surface area (Å²) in [5.74, 6) is -1.43. The third-order valence-electron chi connectivity index (χ3n) is 4.39. The number of pyridine rings is 1. The minimum absolute atomic E-state index is 0.0722. The van der Waals surface area contributed by atoms with E-state index in [9.17, 15) is 8.78 Å². The van der Waals surface area contributed by atoms with Gasteiger partial charge in [-0.05, 0) is 31.2 Å². The van der Waals surface area contributed by atoms with Crippen molar-refractivity contribution in [3.05, 3.63) is 66.3 Å².